The van der Waals surface area contributed by atoms with Crippen LogP contribution in [0.15, 0.2) is 24.3 Å². The monoisotopic (exact) mass is 293 g/mol. The maximum absolute atomic E-state index is 12.0. The predicted molar refractivity (Wildman–Crippen MR) is 79.2 cm³/mol. The Bertz CT molecular complexity index is 451. The van der Waals surface area contributed by atoms with Gasteiger partial charge in [-0.3, -0.25) is 19.7 Å². The molecule has 1 aliphatic heterocycles. The van der Waals surface area contributed by atoms with Crippen molar-refractivity contribution >= 4 is 17.6 Å². The average molecular weight is 293 g/mol. The summed E-state index contributed by atoms with van der Waals surface area (Å²) in [7, 11) is 0. The lowest BCUT2D eigenvalue weighted by atomic mass is 9.88. The van der Waals surface area contributed by atoms with Crippen molar-refractivity contribution in [2.45, 2.75) is 45.6 Å². The molecule has 0 saturated carbocycles. The molecule has 1 saturated heterocycles. The number of hydrogen-bond acceptors (Lipinski definition) is 4. The van der Waals surface area contributed by atoms with Gasteiger partial charge in [-0.25, -0.2) is 0 Å². The maximum atomic E-state index is 12.0. The van der Waals surface area contributed by atoms with E-state index in [1.54, 1.807) is 19.1 Å². The van der Waals surface area contributed by atoms with Gasteiger partial charge >= 0.3 is 0 Å². The molecule has 0 unspecified atom stereocenters. The molecule has 1 fully saturated rings. The van der Waals surface area contributed by atoms with E-state index in [1.807, 2.05) is 6.92 Å². The number of aliphatic hydroxyl groups excluding tert-OH is 1. The molecule has 1 rings (SSSR count). The third-order valence-electron chi connectivity index (χ3n) is 3.61. The molecule has 0 radical (unpaired) electrons. The first kappa shape index (κ1) is 17.3. The van der Waals surface area contributed by atoms with Crippen molar-refractivity contribution in [3.05, 3.63) is 24.3 Å². The molecule has 2 amide bonds. The number of allylic oxidation sites excluding steroid dienone is 3. The summed E-state index contributed by atoms with van der Waals surface area (Å²) in [4.78, 5) is 34.5. The summed E-state index contributed by atoms with van der Waals surface area (Å²) in [6.45, 7) is 7.26. The summed E-state index contributed by atoms with van der Waals surface area (Å²) in [6, 6.07) is 0. The van der Waals surface area contributed by atoms with E-state index < -0.39 is 6.10 Å². The Morgan fingerprint density at radius 2 is 2.00 bits per heavy atom. The van der Waals surface area contributed by atoms with Crippen molar-refractivity contribution in [3.8, 4) is 0 Å². The minimum Gasteiger partial charge on any atom is -0.393 e. The van der Waals surface area contributed by atoms with Gasteiger partial charge in [0.05, 0.1) is 6.10 Å². The number of amides is 2. The van der Waals surface area contributed by atoms with E-state index in [2.05, 4.69) is 11.9 Å². The number of aliphatic hydroxyl groups is 1. The Balaban J connectivity index is 2.47. The molecule has 0 bridgehead atoms. The van der Waals surface area contributed by atoms with Crippen LogP contribution in [-0.2, 0) is 14.4 Å². The first-order valence-electron chi connectivity index (χ1n) is 7.16. The fourth-order valence-corrected chi connectivity index (χ4v) is 2.46. The molecule has 5 heteroatoms. The third-order valence-corrected chi connectivity index (χ3v) is 3.61. The first-order chi connectivity index (χ1) is 9.81. The van der Waals surface area contributed by atoms with Crippen LogP contribution in [0.3, 0.4) is 0 Å². The van der Waals surface area contributed by atoms with Gasteiger partial charge in [0.1, 0.15) is 5.78 Å². The van der Waals surface area contributed by atoms with Gasteiger partial charge in [0.25, 0.3) is 0 Å². The predicted octanol–water partition coefficient (Wildman–Crippen LogP) is 1.52. The molecule has 0 aromatic carbocycles. The van der Waals surface area contributed by atoms with Gasteiger partial charge in [-0.1, -0.05) is 31.2 Å². The van der Waals surface area contributed by atoms with Crippen molar-refractivity contribution in [1.82, 2.24) is 5.32 Å². The lowest BCUT2D eigenvalue weighted by Crippen LogP contribution is -2.39. The molecule has 0 aliphatic carbocycles. The largest absolute Gasteiger partial charge is 0.393 e. The molecular weight excluding hydrogens is 270 g/mol. The average Bonchev–Trinajstić information content (AvgIpc) is 2.36. The molecule has 116 valence electrons. The van der Waals surface area contributed by atoms with Crippen molar-refractivity contribution in [2.24, 2.45) is 11.8 Å². The third kappa shape index (κ3) is 6.04. The standard InChI is InChI=1S/C16H23NO4/c1-4-10(2)5-11(3)14(19)9-13(18)6-12-7-15(20)17-16(21)8-12/h4-5,11-13,18H,1,6-9H2,2-3H3,(H,17,20,21)/b10-5+/t11-,13+/m1/s1. The highest BCUT2D eigenvalue weighted by Crippen LogP contribution is 2.21. The first-order valence-corrected chi connectivity index (χ1v) is 7.16. The second-order valence-corrected chi connectivity index (χ2v) is 5.71. The Hall–Kier alpha value is -1.75. The highest BCUT2D eigenvalue weighted by molar-refractivity contribution is 5.97. The molecule has 1 heterocycles. The van der Waals surface area contributed by atoms with Gasteiger partial charge in [-0.05, 0) is 19.3 Å². The second-order valence-electron chi connectivity index (χ2n) is 5.71. The number of imide groups is 1. The van der Waals surface area contributed by atoms with Gasteiger partial charge in [-0.2, -0.15) is 0 Å². The van der Waals surface area contributed by atoms with Crippen molar-refractivity contribution in [2.75, 3.05) is 0 Å². The van der Waals surface area contributed by atoms with Crippen LogP contribution in [0.25, 0.3) is 0 Å². The molecule has 5 nitrogen and oxygen atoms in total. The highest BCUT2D eigenvalue weighted by atomic mass is 16.3. The maximum Gasteiger partial charge on any atom is 0.226 e. The molecule has 21 heavy (non-hydrogen) atoms. The summed E-state index contributed by atoms with van der Waals surface area (Å²) in [5, 5.41) is 12.2. The fraction of sp³-hybridized carbons (Fsp3) is 0.562. The number of carbonyl (C=O) groups is 3. The van der Waals surface area contributed by atoms with Crippen LogP contribution in [0.1, 0.15) is 39.5 Å². The van der Waals surface area contributed by atoms with E-state index in [9.17, 15) is 19.5 Å². The van der Waals surface area contributed by atoms with Crippen LogP contribution in [-0.4, -0.2) is 28.8 Å². The van der Waals surface area contributed by atoms with Crippen LogP contribution in [0.2, 0.25) is 0 Å². The number of rotatable bonds is 7. The Morgan fingerprint density at radius 3 is 2.52 bits per heavy atom. The second kappa shape index (κ2) is 7.88. The van der Waals surface area contributed by atoms with E-state index >= 15 is 0 Å². The van der Waals surface area contributed by atoms with Crippen molar-refractivity contribution < 1.29 is 19.5 Å². The lowest BCUT2D eigenvalue weighted by molar-refractivity contribution is -0.135. The summed E-state index contributed by atoms with van der Waals surface area (Å²) in [6.07, 6.45) is 3.44. The Morgan fingerprint density at radius 1 is 1.43 bits per heavy atom. The van der Waals surface area contributed by atoms with Gasteiger partial charge in [0.15, 0.2) is 0 Å². The number of ketones is 1. The minimum atomic E-state index is -0.818. The molecule has 1 aliphatic rings. The van der Waals surface area contributed by atoms with E-state index in [4.69, 9.17) is 0 Å². The quantitative estimate of drug-likeness (QED) is 0.550. The molecule has 2 atom stereocenters. The van der Waals surface area contributed by atoms with Crippen LogP contribution in [0.4, 0.5) is 0 Å². The lowest BCUT2D eigenvalue weighted by Gasteiger charge is -2.23. The van der Waals surface area contributed by atoms with Gasteiger partial charge in [0.2, 0.25) is 11.8 Å². The van der Waals surface area contributed by atoms with Crippen LogP contribution >= 0.6 is 0 Å². The molecule has 0 aromatic rings. The smallest absolute Gasteiger partial charge is 0.226 e. The zero-order chi connectivity index (χ0) is 16.0. The summed E-state index contributed by atoms with van der Waals surface area (Å²) in [5.41, 5.74) is 0.917. The highest BCUT2D eigenvalue weighted by Gasteiger charge is 2.27. The van der Waals surface area contributed by atoms with Gasteiger partial charge in [-0.15, -0.1) is 0 Å². The molecule has 2 N–H and O–H groups in total. The number of hydrogen-bond donors (Lipinski definition) is 2. The van der Waals surface area contributed by atoms with Crippen molar-refractivity contribution in [3.63, 3.8) is 0 Å². The van der Waals surface area contributed by atoms with Crippen LogP contribution in [0.5, 0.6) is 0 Å². The molecular formula is C16H23NO4. The topological polar surface area (TPSA) is 83.5 Å². The van der Waals surface area contributed by atoms with Gasteiger partial charge < -0.3 is 5.11 Å². The fourth-order valence-electron chi connectivity index (χ4n) is 2.46. The number of piperidine rings is 1. The van der Waals surface area contributed by atoms with E-state index in [1.165, 1.54) is 0 Å². The van der Waals surface area contributed by atoms with Crippen LogP contribution < -0.4 is 5.32 Å². The van der Waals surface area contributed by atoms with Gasteiger partial charge in [0, 0.05) is 25.2 Å². The summed E-state index contributed by atoms with van der Waals surface area (Å²) >= 11 is 0. The summed E-state index contributed by atoms with van der Waals surface area (Å²) < 4.78 is 0. The van der Waals surface area contributed by atoms with E-state index in [0.717, 1.165) is 5.57 Å². The van der Waals surface area contributed by atoms with Crippen molar-refractivity contribution in [1.29, 1.82) is 0 Å². The van der Waals surface area contributed by atoms with Crippen LogP contribution in [0, 0.1) is 11.8 Å². The summed E-state index contributed by atoms with van der Waals surface area (Å²) in [5.74, 6) is -1.15. The minimum absolute atomic E-state index is 0.0361. The SMILES string of the molecule is C=C/C(C)=C/[C@@H](C)C(=O)C[C@@H](O)CC1CC(=O)NC(=O)C1. The Kier molecular flexibility index (Phi) is 6.49. The number of carbonyl (C=O) groups excluding carboxylic acids is 3. The molecule has 0 aromatic heterocycles. The zero-order valence-electron chi connectivity index (χ0n) is 12.6. The number of nitrogens with one attached hydrogen (secondary N) is 1. The molecule has 0 spiro atoms. The van der Waals surface area contributed by atoms with E-state index in [-0.39, 0.29) is 48.7 Å². The Labute approximate surface area is 125 Å². The normalized spacial score (nSPS) is 19.9. The number of Topliss-reactive ketones (excluding diaryl/α,β-unsaturated/α-hetero) is 1. The zero-order valence-corrected chi connectivity index (χ0v) is 12.6. The van der Waals surface area contributed by atoms with E-state index in [0.29, 0.717) is 6.42 Å².